The maximum atomic E-state index is 6.98. The first-order valence-electron chi connectivity index (χ1n) is 25.7. The van der Waals surface area contributed by atoms with Gasteiger partial charge >= 0.3 is 0 Å². The van der Waals surface area contributed by atoms with Gasteiger partial charge in [-0.15, -0.1) is 29.7 Å². The van der Waals surface area contributed by atoms with Gasteiger partial charge in [-0.1, -0.05) is 205 Å². The molecule has 0 N–H and O–H groups in total. The molecular formula is C68H68N4OPt-2. The van der Waals surface area contributed by atoms with Crippen LogP contribution >= 0.6 is 0 Å². The molecule has 0 radical (unpaired) electrons. The fourth-order valence-corrected chi connectivity index (χ4v) is 10.0. The Bertz CT molecular complexity index is 3640. The molecule has 0 saturated carbocycles. The van der Waals surface area contributed by atoms with Gasteiger partial charge in [0.25, 0.3) is 6.33 Å². The minimum Gasteiger partial charge on any atom is -0.510 e. The maximum absolute atomic E-state index is 6.98. The van der Waals surface area contributed by atoms with Gasteiger partial charge in [0.15, 0.2) is 0 Å². The van der Waals surface area contributed by atoms with Crippen molar-refractivity contribution in [3.8, 4) is 39.8 Å². The van der Waals surface area contributed by atoms with Gasteiger partial charge in [-0.05, 0) is 96.6 Å². The molecule has 3 heterocycles. The summed E-state index contributed by atoms with van der Waals surface area (Å²) in [5.74, 6) is 2.03. The van der Waals surface area contributed by atoms with E-state index in [1.807, 2.05) is 12.3 Å². The van der Waals surface area contributed by atoms with Crippen molar-refractivity contribution < 1.29 is 30.4 Å². The average molecular weight is 1150 g/mol. The summed E-state index contributed by atoms with van der Waals surface area (Å²) in [6, 6.07) is 66.4. The van der Waals surface area contributed by atoms with Crippen molar-refractivity contribution in [3.63, 3.8) is 0 Å². The SMILES string of the molecule is CC(C)(C)c1cc(Oc2[c-]c3c(cc2)c2cc(C(C)(C)c4ccccc4)ccc2n3-c2cc(C(C)(C)C)ccn2)[c-]c(-n2[c-][n+](-c3cc(-c4ccccc4)cc(C(C)(C)C)c3)c(C(C)(C)c3ccccc3)c2)c1.[Pt]. The summed E-state index contributed by atoms with van der Waals surface area (Å²) >= 11 is 0. The van der Waals surface area contributed by atoms with E-state index in [1.165, 1.54) is 38.9 Å². The van der Waals surface area contributed by atoms with Crippen LogP contribution in [0.25, 0.3) is 50.1 Å². The Balaban J connectivity index is 0.00000672. The van der Waals surface area contributed by atoms with Crippen LogP contribution in [0.5, 0.6) is 11.5 Å². The molecule has 0 aliphatic carbocycles. The number of imidazole rings is 1. The Morgan fingerprint density at radius 3 is 1.72 bits per heavy atom. The summed E-state index contributed by atoms with van der Waals surface area (Å²) in [6.07, 6.45) is 8.00. The molecule has 0 fully saturated rings. The van der Waals surface area contributed by atoms with E-state index in [0.717, 1.165) is 50.3 Å². The largest absolute Gasteiger partial charge is 0.510 e. The fraction of sp³-hybridized carbons (Fsp3) is 0.265. The van der Waals surface area contributed by atoms with Crippen LogP contribution in [0.3, 0.4) is 0 Å². The van der Waals surface area contributed by atoms with Crippen molar-refractivity contribution in [2.75, 3.05) is 0 Å². The normalized spacial score (nSPS) is 12.6. The molecule has 74 heavy (non-hydrogen) atoms. The van der Waals surface area contributed by atoms with Crippen LogP contribution in [0.4, 0.5) is 0 Å². The number of fused-ring (bicyclic) bond motifs is 3. The van der Waals surface area contributed by atoms with Gasteiger partial charge in [0.1, 0.15) is 5.82 Å². The minimum absolute atomic E-state index is 0. The molecule has 0 saturated heterocycles. The molecule has 3 aromatic heterocycles. The Hall–Kier alpha value is -6.81. The smallest absolute Gasteiger partial charge is 0.267 e. The van der Waals surface area contributed by atoms with E-state index in [-0.39, 0.29) is 42.7 Å². The Labute approximate surface area is 454 Å². The molecule has 0 atom stereocenters. The predicted octanol–water partition coefficient (Wildman–Crippen LogP) is 16.6. The molecule has 0 spiro atoms. The number of rotatable bonds is 10. The van der Waals surface area contributed by atoms with E-state index in [1.54, 1.807) is 0 Å². The van der Waals surface area contributed by atoms with Crippen molar-refractivity contribution >= 4 is 21.8 Å². The number of hydrogen-bond acceptors (Lipinski definition) is 2. The third kappa shape index (κ3) is 10.1. The zero-order chi connectivity index (χ0) is 51.7. The first kappa shape index (κ1) is 52.1. The van der Waals surface area contributed by atoms with Gasteiger partial charge in [0.05, 0.1) is 11.4 Å². The van der Waals surface area contributed by atoms with Crippen LogP contribution in [0.1, 0.15) is 129 Å². The number of ether oxygens (including phenoxy) is 1. The average Bonchev–Trinajstić information content (AvgIpc) is 3.97. The number of aromatic nitrogens is 4. The summed E-state index contributed by atoms with van der Waals surface area (Å²) in [6.45, 7) is 29.5. The first-order chi connectivity index (χ1) is 34.6. The molecule has 6 heteroatoms. The molecule has 0 bridgehead atoms. The van der Waals surface area contributed by atoms with Gasteiger partial charge in [-0.2, -0.15) is 17.7 Å². The van der Waals surface area contributed by atoms with Crippen molar-refractivity contribution in [1.82, 2.24) is 14.1 Å². The summed E-state index contributed by atoms with van der Waals surface area (Å²) in [5.41, 5.74) is 13.5. The predicted molar refractivity (Wildman–Crippen MR) is 301 cm³/mol. The molecule has 10 rings (SSSR count). The van der Waals surface area contributed by atoms with Crippen LogP contribution in [-0.4, -0.2) is 14.1 Å². The number of benzene rings is 7. The zero-order valence-electron chi connectivity index (χ0n) is 45.3. The Kier molecular flexibility index (Phi) is 13.7. The number of hydrogen-bond donors (Lipinski definition) is 0. The van der Waals surface area contributed by atoms with Crippen LogP contribution < -0.4 is 9.30 Å². The van der Waals surface area contributed by atoms with Crippen LogP contribution in [0, 0.1) is 18.5 Å². The van der Waals surface area contributed by atoms with Gasteiger partial charge in [-0.3, -0.25) is 4.57 Å². The maximum Gasteiger partial charge on any atom is 0.267 e. The summed E-state index contributed by atoms with van der Waals surface area (Å²) in [7, 11) is 0. The first-order valence-corrected chi connectivity index (χ1v) is 25.7. The second-order valence-corrected chi connectivity index (χ2v) is 24.0. The number of pyridine rings is 1. The molecule has 378 valence electrons. The van der Waals surface area contributed by atoms with E-state index in [0.29, 0.717) is 11.5 Å². The molecule has 0 aliphatic rings. The van der Waals surface area contributed by atoms with Crippen molar-refractivity contribution in [2.45, 2.75) is 117 Å². The second-order valence-electron chi connectivity index (χ2n) is 24.0. The van der Waals surface area contributed by atoms with E-state index < -0.39 is 5.41 Å². The quantitative estimate of drug-likeness (QED) is 0.101. The number of nitrogens with zero attached hydrogens (tertiary/aromatic N) is 4. The second kappa shape index (κ2) is 19.5. The van der Waals surface area contributed by atoms with Gasteiger partial charge < -0.3 is 13.9 Å². The van der Waals surface area contributed by atoms with Gasteiger partial charge in [0, 0.05) is 61.3 Å². The topological polar surface area (TPSA) is 35.9 Å². The third-order valence-electron chi connectivity index (χ3n) is 14.9. The monoisotopic (exact) mass is 1150 g/mol. The van der Waals surface area contributed by atoms with Crippen LogP contribution in [-0.2, 0) is 48.1 Å². The molecule has 0 amide bonds. The molecular weight excluding hydrogens is 1080 g/mol. The van der Waals surface area contributed by atoms with E-state index in [4.69, 9.17) is 9.72 Å². The molecule has 0 unspecified atom stereocenters. The summed E-state index contributed by atoms with van der Waals surface area (Å²) in [5, 5.41) is 2.22. The molecule has 0 aliphatic heterocycles. The molecule has 5 nitrogen and oxygen atoms in total. The standard InChI is InChI=1S/C68H68N4O.Pt/c1-64(2,3)50-33-34-69-63(41-50)72-60-32-29-51(67(10,11)48-25-19-15-20-26-48)40-59(60)58-31-30-56(43-61(58)72)73-57-39-53(66(7,8)9)37-54(42-57)70-44-62(68(12,13)49-27-21-16-22-28-49)71(45-70)55-36-47(46-23-17-14-18-24-46)35-52(38-55)65(4,5)6;/h14-41,44H,1-13H3;/q-2;. The summed E-state index contributed by atoms with van der Waals surface area (Å²) in [4.78, 5) is 5.00. The van der Waals surface area contributed by atoms with Crippen LogP contribution in [0.15, 0.2) is 176 Å². The van der Waals surface area contributed by atoms with Crippen molar-refractivity contribution in [1.29, 1.82) is 0 Å². The van der Waals surface area contributed by atoms with E-state index in [9.17, 15) is 0 Å². The zero-order valence-corrected chi connectivity index (χ0v) is 47.5. The third-order valence-corrected chi connectivity index (χ3v) is 14.9. The van der Waals surface area contributed by atoms with E-state index >= 15 is 0 Å². The Morgan fingerprint density at radius 2 is 1.08 bits per heavy atom. The summed E-state index contributed by atoms with van der Waals surface area (Å²) < 4.78 is 13.6. The minimum atomic E-state index is -0.406. The van der Waals surface area contributed by atoms with Crippen molar-refractivity contribution in [2.24, 2.45) is 0 Å². The van der Waals surface area contributed by atoms with Crippen molar-refractivity contribution in [3.05, 3.63) is 234 Å². The fourth-order valence-electron chi connectivity index (χ4n) is 10.0. The van der Waals surface area contributed by atoms with Gasteiger partial charge in [0.2, 0.25) is 0 Å². The van der Waals surface area contributed by atoms with Gasteiger partial charge in [-0.25, -0.2) is 4.98 Å². The molecule has 7 aromatic carbocycles. The van der Waals surface area contributed by atoms with Crippen LogP contribution in [0.2, 0.25) is 0 Å². The molecule has 10 aromatic rings. The Morgan fingerprint density at radius 1 is 0.473 bits per heavy atom. The van der Waals surface area contributed by atoms with E-state index in [2.05, 4.69) is 286 Å².